The molecule has 2 atom stereocenters. The van der Waals surface area contributed by atoms with Gasteiger partial charge in [0.1, 0.15) is 6.04 Å². The van der Waals surface area contributed by atoms with Crippen molar-refractivity contribution in [2.24, 2.45) is 0 Å². The Hall–Kier alpha value is -2.28. The van der Waals surface area contributed by atoms with E-state index in [1.54, 1.807) is 11.8 Å². The summed E-state index contributed by atoms with van der Waals surface area (Å²) in [7, 11) is 0. The van der Waals surface area contributed by atoms with Crippen molar-refractivity contribution < 1.29 is 14.3 Å². The van der Waals surface area contributed by atoms with Crippen molar-refractivity contribution >= 4 is 17.6 Å². The van der Waals surface area contributed by atoms with Crippen LogP contribution in [0, 0.1) is 0 Å². The molecule has 2 aliphatic heterocycles. The van der Waals surface area contributed by atoms with Crippen molar-refractivity contribution in [3.63, 3.8) is 0 Å². The van der Waals surface area contributed by atoms with Crippen LogP contribution in [-0.4, -0.2) is 62.3 Å². The van der Waals surface area contributed by atoms with E-state index in [9.17, 15) is 9.59 Å². The molecule has 2 saturated heterocycles. The number of piperazine rings is 1. The van der Waals surface area contributed by atoms with Gasteiger partial charge < -0.3 is 25.2 Å². The van der Waals surface area contributed by atoms with E-state index in [4.69, 9.17) is 4.74 Å². The Morgan fingerprint density at radius 3 is 2.60 bits per heavy atom. The summed E-state index contributed by atoms with van der Waals surface area (Å²) >= 11 is 0. The Kier molecular flexibility index (Phi) is 5.43. The molecule has 7 nitrogen and oxygen atoms in total. The first kappa shape index (κ1) is 17.5. The van der Waals surface area contributed by atoms with Gasteiger partial charge in [0.15, 0.2) is 0 Å². The standard InChI is InChI=1S/C18H26N4O3/c1-13(20-18(24)22-8-7-19-17(23)14(22)2)15-3-5-16(6-4-15)21-9-11-25-12-10-21/h3-6,13-14H,7-12H2,1-2H3,(H,19,23)(H,20,24)/t13-,14+/m1/s1. The van der Waals surface area contributed by atoms with E-state index >= 15 is 0 Å². The van der Waals surface area contributed by atoms with Crippen LogP contribution < -0.4 is 15.5 Å². The Bertz CT molecular complexity index is 613. The number of ether oxygens (including phenoxy) is 1. The molecule has 2 fully saturated rings. The summed E-state index contributed by atoms with van der Waals surface area (Å²) in [5.74, 6) is -0.107. The first-order chi connectivity index (χ1) is 12.1. The Morgan fingerprint density at radius 1 is 1.24 bits per heavy atom. The number of carbonyl (C=O) groups excluding carboxylic acids is 2. The van der Waals surface area contributed by atoms with Crippen LogP contribution in [0.1, 0.15) is 25.5 Å². The van der Waals surface area contributed by atoms with Crippen LogP contribution in [0.15, 0.2) is 24.3 Å². The van der Waals surface area contributed by atoms with E-state index in [-0.39, 0.29) is 18.0 Å². The van der Waals surface area contributed by atoms with Crippen molar-refractivity contribution in [2.45, 2.75) is 25.9 Å². The molecule has 3 amide bonds. The third-order valence-electron chi connectivity index (χ3n) is 4.87. The van der Waals surface area contributed by atoms with Gasteiger partial charge in [-0.25, -0.2) is 4.79 Å². The minimum Gasteiger partial charge on any atom is -0.378 e. The first-order valence-corrected chi connectivity index (χ1v) is 8.84. The Morgan fingerprint density at radius 2 is 1.92 bits per heavy atom. The molecule has 1 aromatic carbocycles. The quantitative estimate of drug-likeness (QED) is 0.860. The molecule has 7 heteroatoms. The number of rotatable bonds is 3. The third-order valence-corrected chi connectivity index (χ3v) is 4.87. The fourth-order valence-corrected chi connectivity index (χ4v) is 3.21. The third kappa shape index (κ3) is 4.04. The average molecular weight is 346 g/mol. The lowest BCUT2D eigenvalue weighted by atomic mass is 10.1. The van der Waals surface area contributed by atoms with Crippen molar-refractivity contribution in [3.8, 4) is 0 Å². The van der Waals surface area contributed by atoms with E-state index in [1.165, 1.54) is 5.69 Å². The van der Waals surface area contributed by atoms with Crippen molar-refractivity contribution in [1.82, 2.24) is 15.5 Å². The van der Waals surface area contributed by atoms with Gasteiger partial charge in [-0.05, 0) is 31.5 Å². The first-order valence-electron chi connectivity index (χ1n) is 8.84. The molecule has 2 aliphatic rings. The topological polar surface area (TPSA) is 73.9 Å². The van der Waals surface area contributed by atoms with Gasteiger partial charge in [-0.15, -0.1) is 0 Å². The molecule has 0 bridgehead atoms. The molecule has 0 unspecified atom stereocenters. The number of hydrogen-bond donors (Lipinski definition) is 2. The van der Waals surface area contributed by atoms with Gasteiger partial charge in [-0.2, -0.15) is 0 Å². The molecule has 0 saturated carbocycles. The van der Waals surface area contributed by atoms with Crippen molar-refractivity contribution in [1.29, 1.82) is 0 Å². The molecule has 25 heavy (non-hydrogen) atoms. The van der Waals surface area contributed by atoms with Crippen LogP contribution >= 0.6 is 0 Å². The molecule has 0 aliphatic carbocycles. The van der Waals surface area contributed by atoms with Crippen molar-refractivity contribution in [3.05, 3.63) is 29.8 Å². The number of urea groups is 1. The van der Waals surface area contributed by atoms with E-state index in [0.29, 0.717) is 13.1 Å². The van der Waals surface area contributed by atoms with Gasteiger partial charge in [0.05, 0.1) is 19.3 Å². The van der Waals surface area contributed by atoms with E-state index < -0.39 is 6.04 Å². The molecule has 0 radical (unpaired) electrons. The maximum Gasteiger partial charge on any atom is 0.318 e. The van der Waals surface area contributed by atoms with Crippen molar-refractivity contribution in [2.75, 3.05) is 44.3 Å². The number of nitrogens with zero attached hydrogens (tertiary/aromatic N) is 2. The number of hydrogen-bond acceptors (Lipinski definition) is 4. The van der Waals surface area contributed by atoms with Crippen LogP contribution in [0.3, 0.4) is 0 Å². The number of benzene rings is 1. The lowest BCUT2D eigenvalue weighted by Crippen LogP contribution is -2.58. The second-order valence-corrected chi connectivity index (χ2v) is 6.52. The Balaban J connectivity index is 1.59. The van der Waals surface area contributed by atoms with Gasteiger partial charge in [0.25, 0.3) is 0 Å². The summed E-state index contributed by atoms with van der Waals surface area (Å²) in [6.07, 6.45) is 0. The number of morpholine rings is 1. The van der Waals surface area contributed by atoms with Gasteiger partial charge in [-0.3, -0.25) is 4.79 Å². The maximum absolute atomic E-state index is 12.5. The van der Waals surface area contributed by atoms with Crippen LogP contribution in [0.5, 0.6) is 0 Å². The number of nitrogens with one attached hydrogen (secondary N) is 2. The fourth-order valence-electron chi connectivity index (χ4n) is 3.21. The van der Waals surface area contributed by atoms with Gasteiger partial charge in [0.2, 0.25) is 5.91 Å². The summed E-state index contributed by atoms with van der Waals surface area (Å²) in [4.78, 5) is 28.0. The largest absolute Gasteiger partial charge is 0.378 e. The summed E-state index contributed by atoms with van der Waals surface area (Å²) in [5, 5.41) is 5.75. The van der Waals surface area contributed by atoms with E-state index in [1.807, 2.05) is 19.1 Å². The average Bonchev–Trinajstić information content (AvgIpc) is 2.64. The summed E-state index contributed by atoms with van der Waals surface area (Å²) in [5.41, 5.74) is 2.21. The highest BCUT2D eigenvalue weighted by Crippen LogP contribution is 2.20. The van der Waals surface area contributed by atoms with Crippen LogP contribution in [0.4, 0.5) is 10.5 Å². The predicted octanol–water partition coefficient (Wildman–Crippen LogP) is 1.11. The summed E-state index contributed by atoms with van der Waals surface area (Å²) in [6.45, 7) is 8.06. The zero-order chi connectivity index (χ0) is 17.8. The molecule has 3 rings (SSSR count). The second kappa shape index (κ2) is 7.74. The molecule has 0 aromatic heterocycles. The number of anilines is 1. The second-order valence-electron chi connectivity index (χ2n) is 6.52. The summed E-state index contributed by atoms with van der Waals surface area (Å²) < 4.78 is 5.38. The summed E-state index contributed by atoms with van der Waals surface area (Å²) in [6, 6.07) is 7.49. The fraction of sp³-hybridized carbons (Fsp3) is 0.556. The molecule has 2 heterocycles. The maximum atomic E-state index is 12.5. The van der Waals surface area contributed by atoms with Gasteiger partial charge in [0, 0.05) is 31.9 Å². The minimum atomic E-state index is -0.440. The molecular weight excluding hydrogens is 320 g/mol. The van der Waals surface area contributed by atoms with E-state index in [2.05, 4.69) is 27.7 Å². The zero-order valence-corrected chi connectivity index (χ0v) is 14.8. The zero-order valence-electron chi connectivity index (χ0n) is 14.8. The van der Waals surface area contributed by atoms with Crippen LogP contribution in [-0.2, 0) is 9.53 Å². The highest BCUT2D eigenvalue weighted by atomic mass is 16.5. The highest BCUT2D eigenvalue weighted by molar-refractivity contribution is 5.88. The SMILES string of the molecule is C[C@@H](NC(=O)N1CCNC(=O)[C@@H]1C)c1ccc(N2CCOCC2)cc1. The van der Waals surface area contributed by atoms with Crippen LogP contribution in [0.2, 0.25) is 0 Å². The molecule has 136 valence electrons. The normalized spacial score (nSPS) is 22.3. The lowest BCUT2D eigenvalue weighted by Gasteiger charge is -2.33. The monoisotopic (exact) mass is 346 g/mol. The molecule has 1 aromatic rings. The molecule has 0 spiro atoms. The lowest BCUT2D eigenvalue weighted by molar-refractivity contribution is -0.126. The van der Waals surface area contributed by atoms with Crippen LogP contribution in [0.25, 0.3) is 0 Å². The molecule has 2 N–H and O–H groups in total. The van der Waals surface area contributed by atoms with Gasteiger partial charge in [-0.1, -0.05) is 12.1 Å². The smallest absolute Gasteiger partial charge is 0.318 e. The molecular formula is C18H26N4O3. The predicted molar refractivity (Wildman–Crippen MR) is 95.6 cm³/mol. The highest BCUT2D eigenvalue weighted by Gasteiger charge is 2.29. The Labute approximate surface area is 148 Å². The minimum absolute atomic E-state index is 0.107. The number of amides is 3. The van der Waals surface area contributed by atoms with E-state index in [0.717, 1.165) is 31.9 Å². The number of carbonyl (C=O) groups is 2. The van der Waals surface area contributed by atoms with Gasteiger partial charge >= 0.3 is 6.03 Å².